The molecule has 2 rings (SSSR count). The molecule has 2 aromatic rings. The monoisotopic (exact) mass is 285 g/mol. The summed E-state index contributed by atoms with van der Waals surface area (Å²) in [6, 6.07) is 12.3. The largest absolute Gasteiger partial charge is 0.384 e. The molecular formula is C17H20FN3. The van der Waals surface area contributed by atoms with Gasteiger partial charge in [0.25, 0.3) is 0 Å². The molecular weight excluding hydrogens is 265 g/mol. The van der Waals surface area contributed by atoms with E-state index in [2.05, 4.69) is 11.8 Å². The summed E-state index contributed by atoms with van der Waals surface area (Å²) in [5, 5.41) is 7.47. The Kier molecular flexibility index (Phi) is 4.58. The van der Waals surface area contributed by atoms with Crippen LogP contribution in [0.2, 0.25) is 0 Å². The summed E-state index contributed by atoms with van der Waals surface area (Å²) < 4.78 is 13.0. The van der Waals surface area contributed by atoms with Gasteiger partial charge in [-0.1, -0.05) is 12.1 Å². The fourth-order valence-electron chi connectivity index (χ4n) is 2.28. The molecule has 0 bridgehead atoms. The SMILES string of the molecule is CCN(Cc1ccc(C(=N)N)cc1C)c1ccc(F)cc1. The molecule has 3 nitrogen and oxygen atoms in total. The molecule has 0 unspecified atom stereocenters. The fraction of sp³-hybridized carbons (Fsp3) is 0.235. The highest BCUT2D eigenvalue weighted by atomic mass is 19.1. The van der Waals surface area contributed by atoms with Crippen LogP contribution >= 0.6 is 0 Å². The minimum Gasteiger partial charge on any atom is -0.384 e. The van der Waals surface area contributed by atoms with E-state index in [0.717, 1.165) is 29.9 Å². The summed E-state index contributed by atoms with van der Waals surface area (Å²) in [6.45, 7) is 5.66. The van der Waals surface area contributed by atoms with Gasteiger partial charge in [-0.2, -0.15) is 0 Å². The van der Waals surface area contributed by atoms with Crippen molar-refractivity contribution in [3.05, 3.63) is 65.0 Å². The minimum atomic E-state index is -0.225. The molecule has 0 aliphatic heterocycles. The Hall–Kier alpha value is -2.36. The summed E-state index contributed by atoms with van der Waals surface area (Å²) in [6.07, 6.45) is 0. The predicted molar refractivity (Wildman–Crippen MR) is 85.3 cm³/mol. The second-order valence-electron chi connectivity index (χ2n) is 5.05. The van der Waals surface area contributed by atoms with E-state index in [1.54, 1.807) is 12.1 Å². The van der Waals surface area contributed by atoms with Gasteiger partial charge >= 0.3 is 0 Å². The van der Waals surface area contributed by atoms with Gasteiger partial charge in [-0.05, 0) is 55.3 Å². The molecule has 0 saturated carbocycles. The van der Waals surface area contributed by atoms with E-state index < -0.39 is 0 Å². The average molecular weight is 285 g/mol. The van der Waals surface area contributed by atoms with Crippen molar-refractivity contribution in [3.8, 4) is 0 Å². The minimum absolute atomic E-state index is 0.0792. The molecule has 0 atom stereocenters. The van der Waals surface area contributed by atoms with Gasteiger partial charge in [-0.15, -0.1) is 0 Å². The Morgan fingerprint density at radius 1 is 1.19 bits per heavy atom. The van der Waals surface area contributed by atoms with Gasteiger partial charge in [0.2, 0.25) is 0 Å². The number of nitrogens with zero attached hydrogens (tertiary/aromatic N) is 1. The first-order valence-corrected chi connectivity index (χ1v) is 6.95. The van der Waals surface area contributed by atoms with Gasteiger partial charge in [0.1, 0.15) is 11.7 Å². The Morgan fingerprint density at radius 3 is 2.38 bits per heavy atom. The van der Waals surface area contributed by atoms with Crippen LogP contribution in [0.5, 0.6) is 0 Å². The van der Waals surface area contributed by atoms with Crippen molar-refractivity contribution in [2.75, 3.05) is 11.4 Å². The molecule has 0 aliphatic carbocycles. The number of amidine groups is 1. The maximum absolute atomic E-state index is 13.0. The Morgan fingerprint density at radius 2 is 1.86 bits per heavy atom. The van der Waals surface area contributed by atoms with E-state index in [1.165, 1.54) is 17.7 Å². The van der Waals surface area contributed by atoms with Crippen LogP contribution < -0.4 is 10.6 Å². The first kappa shape index (κ1) is 15.0. The third kappa shape index (κ3) is 3.60. The average Bonchev–Trinajstić information content (AvgIpc) is 2.47. The number of nitrogen functional groups attached to an aromatic ring is 1. The normalized spacial score (nSPS) is 10.4. The number of rotatable bonds is 5. The smallest absolute Gasteiger partial charge is 0.123 e. The number of aryl methyl sites for hydroxylation is 1. The molecule has 2 aromatic carbocycles. The van der Waals surface area contributed by atoms with Crippen molar-refractivity contribution in [2.24, 2.45) is 5.73 Å². The van der Waals surface area contributed by atoms with E-state index >= 15 is 0 Å². The van der Waals surface area contributed by atoms with Crippen LogP contribution in [0.4, 0.5) is 10.1 Å². The molecule has 110 valence electrons. The lowest BCUT2D eigenvalue weighted by Gasteiger charge is -2.24. The molecule has 0 amide bonds. The zero-order valence-corrected chi connectivity index (χ0v) is 12.4. The number of nitrogens with one attached hydrogen (secondary N) is 1. The first-order chi connectivity index (χ1) is 10.0. The van der Waals surface area contributed by atoms with Crippen LogP contribution in [-0.4, -0.2) is 12.4 Å². The van der Waals surface area contributed by atoms with Crippen molar-refractivity contribution in [1.82, 2.24) is 0 Å². The lowest BCUT2D eigenvalue weighted by Crippen LogP contribution is -2.22. The quantitative estimate of drug-likeness (QED) is 0.653. The third-order valence-corrected chi connectivity index (χ3v) is 3.59. The van der Waals surface area contributed by atoms with Crippen molar-refractivity contribution in [3.63, 3.8) is 0 Å². The van der Waals surface area contributed by atoms with Crippen LogP contribution in [0.1, 0.15) is 23.6 Å². The van der Waals surface area contributed by atoms with Crippen LogP contribution in [0.15, 0.2) is 42.5 Å². The van der Waals surface area contributed by atoms with Gasteiger partial charge in [0.15, 0.2) is 0 Å². The van der Waals surface area contributed by atoms with Crippen LogP contribution in [0.25, 0.3) is 0 Å². The van der Waals surface area contributed by atoms with E-state index in [-0.39, 0.29) is 11.7 Å². The van der Waals surface area contributed by atoms with E-state index in [4.69, 9.17) is 11.1 Å². The van der Waals surface area contributed by atoms with Crippen LogP contribution in [0, 0.1) is 18.2 Å². The van der Waals surface area contributed by atoms with E-state index in [0.29, 0.717) is 0 Å². The molecule has 0 saturated heterocycles. The molecule has 21 heavy (non-hydrogen) atoms. The second kappa shape index (κ2) is 6.39. The number of benzene rings is 2. The van der Waals surface area contributed by atoms with E-state index in [9.17, 15) is 4.39 Å². The maximum atomic E-state index is 13.0. The first-order valence-electron chi connectivity index (χ1n) is 6.95. The molecule has 4 heteroatoms. The van der Waals surface area contributed by atoms with Crippen molar-refractivity contribution < 1.29 is 4.39 Å². The summed E-state index contributed by atoms with van der Waals surface area (Å²) in [5.41, 5.74) is 9.51. The number of anilines is 1. The Bertz CT molecular complexity index is 635. The van der Waals surface area contributed by atoms with Crippen LogP contribution in [0.3, 0.4) is 0 Å². The number of hydrogen-bond donors (Lipinski definition) is 2. The predicted octanol–water partition coefficient (Wildman–Crippen LogP) is 3.44. The van der Waals surface area contributed by atoms with Gasteiger partial charge in [-0.25, -0.2) is 4.39 Å². The highest BCUT2D eigenvalue weighted by molar-refractivity contribution is 5.95. The molecule has 0 aliphatic rings. The van der Waals surface area contributed by atoms with Gasteiger partial charge in [0.05, 0.1) is 0 Å². The van der Waals surface area contributed by atoms with Gasteiger partial charge < -0.3 is 10.6 Å². The van der Waals surface area contributed by atoms with Crippen molar-refractivity contribution in [2.45, 2.75) is 20.4 Å². The Labute approximate surface area is 124 Å². The summed E-state index contributed by atoms with van der Waals surface area (Å²) >= 11 is 0. The van der Waals surface area contributed by atoms with Crippen molar-refractivity contribution >= 4 is 11.5 Å². The van der Waals surface area contributed by atoms with E-state index in [1.807, 2.05) is 25.1 Å². The highest BCUT2D eigenvalue weighted by Crippen LogP contribution is 2.20. The standard InChI is InChI=1S/C17H20FN3/c1-3-21(16-8-6-15(18)7-9-16)11-14-5-4-13(17(19)20)10-12(14)2/h4-10H,3,11H2,1-2H3,(H3,19,20). The summed E-state index contributed by atoms with van der Waals surface area (Å²) in [7, 11) is 0. The maximum Gasteiger partial charge on any atom is 0.123 e. The molecule has 0 heterocycles. The lowest BCUT2D eigenvalue weighted by molar-refractivity contribution is 0.627. The zero-order chi connectivity index (χ0) is 15.4. The topological polar surface area (TPSA) is 53.1 Å². The summed E-state index contributed by atoms with van der Waals surface area (Å²) in [4.78, 5) is 2.18. The third-order valence-electron chi connectivity index (χ3n) is 3.59. The van der Waals surface area contributed by atoms with Crippen LogP contribution in [-0.2, 0) is 6.54 Å². The summed E-state index contributed by atoms with van der Waals surface area (Å²) in [5.74, 6) is -0.146. The zero-order valence-electron chi connectivity index (χ0n) is 12.4. The van der Waals surface area contributed by atoms with Crippen molar-refractivity contribution in [1.29, 1.82) is 5.41 Å². The molecule has 0 aromatic heterocycles. The molecule has 0 radical (unpaired) electrons. The highest BCUT2D eigenvalue weighted by Gasteiger charge is 2.08. The van der Waals surface area contributed by atoms with Gasteiger partial charge in [-0.3, -0.25) is 5.41 Å². The number of hydrogen-bond acceptors (Lipinski definition) is 2. The Balaban J connectivity index is 2.22. The number of nitrogens with two attached hydrogens (primary N) is 1. The number of halogens is 1. The molecule has 3 N–H and O–H groups in total. The van der Waals surface area contributed by atoms with Gasteiger partial charge in [0, 0.05) is 24.3 Å². The molecule has 0 spiro atoms. The molecule has 0 fully saturated rings. The second-order valence-corrected chi connectivity index (χ2v) is 5.05. The lowest BCUT2D eigenvalue weighted by atomic mass is 10.0. The fourth-order valence-corrected chi connectivity index (χ4v) is 2.28.